The average molecular weight is 473 g/mol. The molecule has 0 spiro atoms. The van der Waals surface area contributed by atoms with Gasteiger partial charge in [0.15, 0.2) is 0 Å². The van der Waals surface area contributed by atoms with E-state index in [1.165, 1.54) is 0 Å². The van der Waals surface area contributed by atoms with E-state index in [0.717, 1.165) is 34.1 Å². The second kappa shape index (κ2) is 21.0. The highest BCUT2D eigenvalue weighted by molar-refractivity contribution is 6.30. The Kier molecular flexibility index (Phi) is 20.6. The lowest BCUT2D eigenvalue weighted by atomic mass is 10.2. The smallest absolute Gasteiger partial charge is 0.134 e. The molecule has 0 aliphatic rings. The lowest BCUT2D eigenvalue weighted by molar-refractivity contribution is 0.393. The molecule has 0 atom stereocenters. The summed E-state index contributed by atoms with van der Waals surface area (Å²) in [5, 5.41) is 4.23. The summed E-state index contributed by atoms with van der Waals surface area (Å²) in [5.74, 6) is 2.76. The van der Waals surface area contributed by atoms with E-state index in [2.05, 4.69) is 10.1 Å². The van der Waals surface area contributed by atoms with Gasteiger partial charge < -0.3 is 8.94 Å². The molecule has 0 N–H and O–H groups in total. The predicted molar refractivity (Wildman–Crippen MR) is 143 cm³/mol. The number of pyridine rings is 1. The van der Waals surface area contributed by atoms with Crippen molar-refractivity contribution in [3.05, 3.63) is 94.8 Å². The molecule has 1 aromatic carbocycles. The van der Waals surface area contributed by atoms with E-state index < -0.39 is 0 Å². The van der Waals surface area contributed by atoms with Gasteiger partial charge in [-0.1, -0.05) is 94.7 Å². The van der Waals surface area contributed by atoms with Crippen LogP contribution in [0.3, 0.4) is 0 Å². The third kappa shape index (κ3) is 14.8. The number of rotatable bonds is 1. The number of hydrogen-bond acceptors (Lipinski definition) is 4. The zero-order valence-electron chi connectivity index (χ0n) is 21.9. The molecule has 3 aromatic heterocycles. The molecule has 4 nitrogen and oxygen atoms in total. The van der Waals surface area contributed by atoms with Crippen LogP contribution in [0, 0.1) is 27.7 Å². The number of halogens is 1. The fourth-order valence-corrected chi connectivity index (χ4v) is 2.27. The molecule has 4 aromatic rings. The van der Waals surface area contributed by atoms with Crippen LogP contribution >= 0.6 is 11.6 Å². The second-order valence-corrected chi connectivity index (χ2v) is 6.32. The Morgan fingerprint density at radius 3 is 1.64 bits per heavy atom. The maximum atomic E-state index is 5.60. The van der Waals surface area contributed by atoms with Gasteiger partial charge in [0.25, 0.3) is 0 Å². The minimum atomic E-state index is 0.590. The van der Waals surface area contributed by atoms with Crippen molar-refractivity contribution >= 4 is 11.6 Å². The Morgan fingerprint density at radius 2 is 1.30 bits per heavy atom. The van der Waals surface area contributed by atoms with Gasteiger partial charge in [-0.15, -0.1) is 0 Å². The Labute approximate surface area is 206 Å². The van der Waals surface area contributed by atoms with Crippen molar-refractivity contribution in [2.75, 3.05) is 0 Å². The van der Waals surface area contributed by atoms with Crippen molar-refractivity contribution in [2.24, 2.45) is 0 Å². The van der Waals surface area contributed by atoms with E-state index in [1.807, 2.05) is 130 Å². The molecule has 0 fully saturated rings. The van der Waals surface area contributed by atoms with Crippen LogP contribution in [0.2, 0.25) is 5.15 Å². The van der Waals surface area contributed by atoms with Crippen molar-refractivity contribution in [2.45, 2.75) is 69.2 Å². The molecular weight excluding hydrogens is 432 g/mol. The van der Waals surface area contributed by atoms with Crippen LogP contribution in [0.4, 0.5) is 0 Å². The van der Waals surface area contributed by atoms with Crippen molar-refractivity contribution < 1.29 is 8.94 Å². The number of benzene rings is 1. The number of aryl methyl sites for hydroxylation is 4. The van der Waals surface area contributed by atoms with E-state index in [1.54, 1.807) is 6.20 Å². The third-order valence-electron chi connectivity index (χ3n) is 3.49. The Bertz CT molecular complexity index is 910. The van der Waals surface area contributed by atoms with Gasteiger partial charge in [0.1, 0.15) is 22.4 Å². The van der Waals surface area contributed by atoms with E-state index in [4.69, 9.17) is 20.5 Å². The van der Waals surface area contributed by atoms with E-state index in [9.17, 15) is 0 Å². The second-order valence-electron chi connectivity index (χ2n) is 5.97. The molecule has 0 amide bonds. The van der Waals surface area contributed by atoms with Gasteiger partial charge in [0, 0.05) is 17.8 Å². The number of nitrogens with zero attached hydrogens (tertiary/aromatic N) is 2. The van der Waals surface area contributed by atoms with Gasteiger partial charge in [0.05, 0.1) is 5.69 Å². The molecule has 5 heteroatoms. The van der Waals surface area contributed by atoms with Crippen LogP contribution in [0.25, 0.3) is 11.3 Å². The lowest BCUT2D eigenvalue weighted by Crippen LogP contribution is -1.75. The van der Waals surface area contributed by atoms with Crippen molar-refractivity contribution in [3.63, 3.8) is 0 Å². The fraction of sp³-hybridized carbons (Fsp3) is 0.357. The minimum absolute atomic E-state index is 0.590. The molecule has 3 heterocycles. The van der Waals surface area contributed by atoms with Gasteiger partial charge in [-0.3, -0.25) is 0 Å². The molecule has 0 radical (unpaired) electrons. The van der Waals surface area contributed by atoms with Gasteiger partial charge in [-0.25, -0.2) is 4.98 Å². The molecule has 0 aliphatic carbocycles. The minimum Gasteiger partial charge on any atom is -0.461 e. The SMILES string of the molecule is CC.CC.CC.Cc1cc(C)on1.Cc1ccc(-c2ccccc2)o1.Cc1cccnc1Cl. The highest BCUT2D eigenvalue weighted by Gasteiger charge is 1.99. The van der Waals surface area contributed by atoms with Crippen molar-refractivity contribution in [3.8, 4) is 11.3 Å². The summed E-state index contributed by atoms with van der Waals surface area (Å²) < 4.78 is 10.2. The Hall–Kier alpha value is -2.85. The number of aromatic nitrogens is 2. The van der Waals surface area contributed by atoms with Crippen molar-refractivity contribution in [1.29, 1.82) is 0 Å². The summed E-state index contributed by atoms with van der Waals surface area (Å²) in [6.07, 6.45) is 1.68. The molecule has 182 valence electrons. The zero-order valence-corrected chi connectivity index (χ0v) is 22.7. The summed E-state index contributed by atoms with van der Waals surface area (Å²) in [6, 6.07) is 19.7. The molecule has 0 saturated heterocycles. The van der Waals surface area contributed by atoms with E-state index >= 15 is 0 Å². The third-order valence-corrected chi connectivity index (χ3v) is 3.89. The van der Waals surface area contributed by atoms with Gasteiger partial charge >= 0.3 is 0 Å². The number of hydrogen-bond donors (Lipinski definition) is 0. The van der Waals surface area contributed by atoms with Crippen LogP contribution in [0.1, 0.15) is 64.3 Å². The summed E-state index contributed by atoms with van der Waals surface area (Å²) in [5.41, 5.74) is 3.09. The summed E-state index contributed by atoms with van der Waals surface area (Å²) in [6.45, 7) is 19.7. The lowest BCUT2D eigenvalue weighted by Gasteiger charge is -1.93. The molecular formula is C28H41ClN2O2. The largest absolute Gasteiger partial charge is 0.461 e. The molecule has 0 aliphatic heterocycles. The van der Waals surface area contributed by atoms with Gasteiger partial charge in [-0.05, 0) is 51.5 Å². The molecule has 0 bridgehead atoms. The average Bonchev–Trinajstić information content (AvgIpc) is 3.48. The van der Waals surface area contributed by atoms with E-state index in [-0.39, 0.29) is 0 Å². The van der Waals surface area contributed by atoms with Crippen LogP contribution < -0.4 is 0 Å². The van der Waals surface area contributed by atoms with Crippen LogP contribution in [-0.4, -0.2) is 10.1 Å². The van der Waals surface area contributed by atoms with Crippen molar-refractivity contribution in [1.82, 2.24) is 10.1 Å². The fourth-order valence-electron chi connectivity index (χ4n) is 2.15. The predicted octanol–water partition coefficient (Wildman–Crippen LogP) is 9.67. The van der Waals surface area contributed by atoms with Crippen LogP contribution in [0.5, 0.6) is 0 Å². The molecule has 0 saturated carbocycles. The maximum absolute atomic E-state index is 5.60. The first-order chi connectivity index (χ1) is 16.0. The molecule has 0 unspecified atom stereocenters. The summed E-state index contributed by atoms with van der Waals surface area (Å²) >= 11 is 5.60. The highest BCUT2D eigenvalue weighted by Crippen LogP contribution is 2.20. The standard InChI is InChI=1S/C11H10O.C6H6ClN.C5H7NO.3C2H6/c1-9-7-8-11(12-9)10-5-3-2-4-6-10;1-5-3-2-4-8-6(5)7;1-4-3-5(2)7-6-4;3*1-2/h2-8H,1H3;2-4H,1H3;3H,1-2H3;3*1-2H3. The number of furan rings is 1. The van der Waals surface area contributed by atoms with Gasteiger partial charge in [0.2, 0.25) is 0 Å². The quantitative estimate of drug-likeness (QED) is 0.258. The summed E-state index contributed by atoms with van der Waals surface area (Å²) in [4.78, 5) is 3.84. The molecule has 4 rings (SSSR count). The Morgan fingerprint density at radius 1 is 0.697 bits per heavy atom. The maximum Gasteiger partial charge on any atom is 0.134 e. The molecule has 33 heavy (non-hydrogen) atoms. The summed E-state index contributed by atoms with van der Waals surface area (Å²) in [7, 11) is 0. The first kappa shape index (κ1) is 32.3. The highest BCUT2D eigenvalue weighted by atomic mass is 35.5. The first-order valence-electron chi connectivity index (χ1n) is 11.5. The topological polar surface area (TPSA) is 52.1 Å². The monoisotopic (exact) mass is 472 g/mol. The zero-order chi connectivity index (χ0) is 25.6. The van der Waals surface area contributed by atoms with E-state index in [0.29, 0.717) is 5.15 Å². The van der Waals surface area contributed by atoms with Crippen LogP contribution in [-0.2, 0) is 0 Å². The Balaban J connectivity index is 0. The normalized spacial score (nSPS) is 8.45. The first-order valence-corrected chi connectivity index (χ1v) is 11.9. The van der Waals surface area contributed by atoms with Gasteiger partial charge in [-0.2, -0.15) is 0 Å². The van der Waals surface area contributed by atoms with Crippen LogP contribution in [0.15, 0.2) is 75.8 Å².